The van der Waals surface area contributed by atoms with Crippen molar-refractivity contribution in [1.29, 1.82) is 0 Å². The van der Waals surface area contributed by atoms with Gasteiger partial charge in [-0.3, -0.25) is 9.59 Å². The molecule has 0 saturated carbocycles. The number of aromatic nitrogens is 2. The molecule has 0 radical (unpaired) electrons. The van der Waals surface area contributed by atoms with Crippen LogP contribution in [0.3, 0.4) is 0 Å². The second-order valence-electron chi connectivity index (χ2n) is 8.08. The summed E-state index contributed by atoms with van der Waals surface area (Å²) in [6, 6.07) is 8.32. The molecule has 0 aliphatic carbocycles. The molecule has 3 aliphatic heterocycles. The van der Waals surface area contributed by atoms with Gasteiger partial charge < -0.3 is 14.4 Å². The Hall–Kier alpha value is -2.63. The molecule has 0 spiro atoms. The van der Waals surface area contributed by atoms with E-state index in [4.69, 9.17) is 0 Å². The minimum Gasteiger partial charge on any atom is -0.336 e. The van der Waals surface area contributed by atoms with E-state index in [1.807, 2.05) is 20.4 Å². The molecule has 0 atom stereocenters. The van der Waals surface area contributed by atoms with Crippen LogP contribution < -0.4 is 0 Å². The predicted octanol–water partition coefficient (Wildman–Crippen LogP) is 2.65. The van der Waals surface area contributed by atoms with Crippen LogP contribution in [0.2, 0.25) is 0 Å². The molecule has 6 heteroatoms. The van der Waals surface area contributed by atoms with Crippen LogP contribution in [0.25, 0.3) is 0 Å². The molecule has 0 unspecified atom stereocenters. The highest BCUT2D eigenvalue weighted by Crippen LogP contribution is 2.26. The SMILES string of the molecule is O=C(c1nc(C(=O)N2CCCC2)n2c1CCCC2)N1CCc2ccccc2C1. The monoisotopic (exact) mass is 378 g/mol. The average Bonchev–Trinajstić information content (AvgIpc) is 3.41. The quantitative estimate of drug-likeness (QED) is 0.807. The molecule has 4 heterocycles. The normalized spacial score (nSPS) is 18.7. The number of amides is 2. The van der Waals surface area contributed by atoms with Crippen molar-refractivity contribution in [2.75, 3.05) is 19.6 Å². The zero-order valence-electron chi connectivity index (χ0n) is 16.2. The smallest absolute Gasteiger partial charge is 0.289 e. The summed E-state index contributed by atoms with van der Waals surface area (Å²) in [5.41, 5.74) is 3.99. The van der Waals surface area contributed by atoms with Gasteiger partial charge in [0, 0.05) is 32.7 Å². The van der Waals surface area contributed by atoms with Gasteiger partial charge in [-0.05, 0) is 49.7 Å². The predicted molar refractivity (Wildman–Crippen MR) is 105 cm³/mol. The summed E-state index contributed by atoms with van der Waals surface area (Å²) >= 11 is 0. The molecule has 1 fully saturated rings. The Bertz CT molecular complexity index is 927. The van der Waals surface area contributed by atoms with Gasteiger partial charge in [-0.2, -0.15) is 0 Å². The third-order valence-corrected chi connectivity index (χ3v) is 6.32. The summed E-state index contributed by atoms with van der Waals surface area (Å²) in [7, 11) is 0. The van der Waals surface area contributed by atoms with Crippen molar-refractivity contribution in [3.05, 3.63) is 52.6 Å². The van der Waals surface area contributed by atoms with Crippen LogP contribution in [0, 0.1) is 0 Å². The van der Waals surface area contributed by atoms with E-state index in [0.29, 0.717) is 24.6 Å². The summed E-state index contributed by atoms with van der Waals surface area (Å²) in [5.74, 6) is 0.432. The number of carbonyl (C=O) groups is 2. The van der Waals surface area contributed by atoms with Gasteiger partial charge in [0.25, 0.3) is 11.8 Å². The number of nitrogens with zero attached hydrogens (tertiary/aromatic N) is 4. The van der Waals surface area contributed by atoms with E-state index in [1.165, 1.54) is 11.1 Å². The first-order valence-corrected chi connectivity index (χ1v) is 10.5. The van der Waals surface area contributed by atoms with Crippen molar-refractivity contribution in [2.24, 2.45) is 0 Å². The molecular formula is C22H26N4O2. The maximum absolute atomic E-state index is 13.4. The first kappa shape index (κ1) is 17.5. The first-order valence-electron chi connectivity index (χ1n) is 10.5. The van der Waals surface area contributed by atoms with Crippen LogP contribution in [-0.2, 0) is 25.9 Å². The summed E-state index contributed by atoms with van der Waals surface area (Å²) < 4.78 is 2.02. The molecule has 1 saturated heterocycles. The lowest BCUT2D eigenvalue weighted by molar-refractivity contribution is 0.0727. The highest BCUT2D eigenvalue weighted by atomic mass is 16.2. The molecule has 5 rings (SSSR count). The fourth-order valence-corrected chi connectivity index (χ4v) is 4.76. The van der Waals surface area contributed by atoms with E-state index in [0.717, 1.165) is 63.9 Å². The molecule has 2 amide bonds. The van der Waals surface area contributed by atoms with E-state index in [2.05, 4.69) is 23.2 Å². The van der Waals surface area contributed by atoms with E-state index in [9.17, 15) is 9.59 Å². The van der Waals surface area contributed by atoms with Gasteiger partial charge in [0.1, 0.15) is 5.69 Å². The largest absolute Gasteiger partial charge is 0.336 e. The van der Waals surface area contributed by atoms with Crippen LogP contribution in [-0.4, -0.2) is 50.8 Å². The Balaban J connectivity index is 1.46. The molecule has 1 aromatic heterocycles. The Morgan fingerprint density at radius 2 is 1.54 bits per heavy atom. The maximum Gasteiger partial charge on any atom is 0.289 e. The van der Waals surface area contributed by atoms with Crippen molar-refractivity contribution in [3.63, 3.8) is 0 Å². The molecular weight excluding hydrogens is 352 g/mol. The summed E-state index contributed by atoms with van der Waals surface area (Å²) in [4.78, 5) is 34.8. The zero-order valence-corrected chi connectivity index (χ0v) is 16.2. The zero-order chi connectivity index (χ0) is 19.1. The van der Waals surface area contributed by atoms with Crippen LogP contribution in [0.15, 0.2) is 24.3 Å². The van der Waals surface area contributed by atoms with E-state index < -0.39 is 0 Å². The molecule has 28 heavy (non-hydrogen) atoms. The van der Waals surface area contributed by atoms with Crippen molar-refractivity contribution in [2.45, 2.75) is 51.6 Å². The first-order chi connectivity index (χ1) is 13.7. The summed E-state index contributed by atoms with van der Waals surface area (Å²) in [5, 5.41) is 0. The lowest BCUT2D eigenvalue weighted by Crippen LogP contribution is -2.36. The highest BCUT2D eigenvalue weighted by Gasteiger charge is 2.33. The van der Waals surface area contributed by atoms with Gasteiger partial charge in [0.15, 0.2) is 5.82 Å². The number of benzene rings is 1. The Morgan fingerprint density at radius 1 is 0.786 bits per heavy atom. The van der Waals surface area contributed by atoms with Gasteiger partial charge in [-0.25, -0.2) is 4.98 Å². The molecule has 2 aromatic rings. The highest BCUT2D eigenvalue weighted by molar-refractivity contribution is 5.97. The van der Waals surface area contributed by atoms with Gasteiger partial charge in [-0.1, -0.05) is 24.3 Å². The third-order valence-electron chi connectivity index (χ3n) is 6.32. The van der Waals surface area contributed by atoms with E-state index >= 15 is 0 Å². The van der Waals surface area contributed by atoms with Gasteiger partial charge in [0.05, 0.1) is 5.69 Å². The van der Waals surface area contributed by atoms with Crippen molar-refractivity contribution < 1.29 is 9.59 Å². The Morgan fingerprint density at radius 3 is 2.36 bits per heavy atom. The topological polar surface area (TPSA) is 58.4 Å². The van der Waals surface area contributed by atoms with E-state index in [1.54, 1.807) is 0 Å². The van der Waals surface area contributed by atoms with Crippen molar-refractivity contribution >= 4 is 11.8 Å². The number of hydrogen-bond acceptors (Lipinski definition) is 3. The number of carbonyl (C=O) groups excluding carboxylic acids is 2. The number of fused-ring (bicyclic) bond motifs is 2. The summed E-state index contributed by atoms with van der Waals surface area (Å²) in [6.45, 7) is 3.71. The van der Waals surface area contributed by atoms with Crippen LogP contribution in [0.4, 0.5) is 0 Å². The third kappa shape index (κ3) is 2.91. The Kier molecular flexibility index (Phi) is 4.41. The fraction of sp³-hybridized carbons (Fsp3) is 0.500. The molecule has 0 N–H and O–H groups in total. The van der Waals surface area contributed by atoms with Gasteiger partial charge in [-0.15, -0.1) is 0 Å². The molecule has 3 aliphatic rings. The number of likely N-dealkylation sites (tertiary alicyclic amines) is 1. The number of imidazole rings is 1. The van der Waals surface area contributed by atoms with Crippen LogP contribution >= 0.6 is 0 Å². The van der Waals surface area contributed by atoms with Crippen LogP contribution in [0.5, 0.6) is 0 Å². The van der Waals surface area contributed by atoms with Gasteiger partial charge >= 0.3 is 0 Å². The minimum atomic E-state index is -0.0272. The second-order valence-corrected chi connectivity index (χ2v) is 8.08. The second kappa shape index (κ2) is 7.08. The summed E-state index contributed by atoms with van der Waals surface area (Å²) in [6.07, 6.45) is 5.89. The molecule has 6 nitrogen and oxygen atoms in total. The van der Waals surface area contributed by atoms with Crippen molar-refractivity contribution in [3.8, 4) is 0 Å². The Labute approximate surface area is 165 Å². The van der Waals surface area contributed by atoms with Crippen LogP contribution in [0.1, 0.15) is 63.6 Å². The minimum absolute atomic E-state index is 0.0105. The fourth-order valence-electron chi connectivity index (χ4n) is 4.76. The number of hydrogen-bond donors (Lipinski definition) is 0. The molecule has 0 bridgehead atoms. The lowest BCUT2D eigenvalue weighted by atomic mass is 9.99. The molecule has 146 valence electrons. The standard InChI is InChI=1S/C22H26N4O2/c27-21(25-14-10-16-7-1-2-8-17(16)15-25)19-18-9-3-4-13-26(18)20(23-19)22(28)24-11-5-6-12-24/h1-2,7-8H,3-6,9-15H2. The molecule has 1 aromatic carbocycles. The maximum atomic E-state index is 13.4. The number of rotatable bonds is 2. The van der Waals surface area contributed by atoms with E-state index in [-0.39, 0.29) is 11.8 Å². The van der Waals surface area contributed by atoms with Gasteiger partial charge in [0.2, 0.25) is 0 Å². The van der Waals surface area contributed by atoms with Crippen molar-refractivity contribution in [1.82, 2.24) is 19.4 Å². The lowest BCUT2D eigenvalue weighted by Gasteiger charge is -2.28. The average molecular weight is 378 g/mol.